The molecule has 2 aromatic carbocycles. The molecule has 0 aliphatic rings. The summed E-state index contributed by atoms with van der Waals surface area (Å²) in [5.41, 5.74) is 0.507. The number of nitrogens with zero attached hydrogens (tertiary/aromatic N) is 2. The molecule has 1 heterocycles. The first kappa shape index (κ1) is 17.7. The number of carbonyl (C=O) groups is 1. The Kier molecular flexibility index (Phi) is 5.04. The van der Waals surface area contributed by atoms with Crippen molar-refractivity contribution < 1.29 is 18.0 Å². The van der Waals surface area contributed by atoms with E-state index in [0.29, 0.717) is 0 Å². The summed E-state index contributed by atoms with van der Waals surface area (Å²) in [5.74, 6) is -3.19. The monoisotopic (exact) mass is 378 g/mol. The van der Waals surface area contributed by atoms with E-state index < -0.39 is 23.4 Å². The Balaban J connectivity index is 1.76. The minimum Gasteiger partial charge on any atom is -0.324 e. The molecule has 0 atom stereocenters. The van der Waals surface area contributed by atoms with E-state index in [0.717, 1.165) is 18.2 Å². The van der Waals surface area contributed by atoms with Gasteiger partial charge in [-0.3, -0.25) is 4.79 Å². The molecule has 0 saturated heterocycles. The molecule has 0 unspecified atom stereocenters. The van der Waals surface area contributed by atoms with Crippen LogP contribution in [0.25, 0.3) is 0 Å². The Morgan fingerprint density at radius 2 is 1.65 bits per heavy atom. The molecule has 0 saturated carbocycles. The van der Waals surface area contributed by atoms with Crippen LogP contribution in [-0.4, -0.2) is 15.9 Å². The summed E-state index contributed by atoms with van der Waals surface area (Å²) in [7, 11) is 0. The van der Waals surface area contributed by atoms with Crippen LogP contribution in [-0.2, 0) is 0 Å². The zero-order valence-corrected chi connectivity index (χ0v) is 13.7. The lowest BCUT2D eigenvalue weighted by Gasteiger charge is -2.08. The van der Waals surface area contributed by atoms with E-state index in [1.165, 1.54) is 30.5 Å². The third kappa shape index (κ3) is 4.09. The first-order valence-electron chi connectivity index (χ1n) is 7.24. The molecule has 0 bridgehead atoms. The smallest absolute Gasteiger partial charge is 0.274 e. The van der Waals surface area contributed by atoms with Crippen LogP contribution in [0.5, 0.6) is 0 Å². The predicted molar refractivity (Wildman–Crippen MR) is 91.0 cm³/mol. The van der Waals surface area contributed by atoms with Gasteiger partial charge in [0.1, 0.15) is 11.5 Å². The molecule has 132 valence electrons. The summed E-state index contributed by atoms with van der Waals surface area (Å²) in [4.78, 5) is 20.1. The Morgan fingerprint density at radius 1 is 0.923 bits per heavy atom. The summed E-state index contributed by atoms with van der Waals surface area (Å²) < 4.78 is 39.3. The third-order valence-corrected chi connectivity index (χ3v) is 3.53. The minimum atomic E-state index is -1.03. The lowest BCUT2D eigenvalue weighted by Crippen LogP contribution is -2.14. The summed E-state index contributed by atoms with van der Waals surface area (Å²) in [6, 6.07) is 8.27. The van der Waals surface area contributed by atoms with Gasteiger partial charge in [-0.1, -0.05) is 11.6 Å². The SMILES string of the molecule is O=C(Nc1ccc(F)c(Cl)c1)c1ccnc(Nc2ccc(F)c(F)c2)n1. The highest BCUT2D eigenvalue weighted by molar-refractivity contribution is 6.31. The Bertz CT molecular complexity index is 984. The molecule has 0 aliphatic carbocycles. The first-order valence-corrected chi connectivity index (χ1v) is 7.62. The zero-order valence-electron chi connectivity index (χ0n) is 12.9. The van der Waals surface area contributed by atoms with Gasteiger partial charge in [0.25, 0.3) is 5.91 Å². The standard InChI is InChI=1S/C17H10ClF3N4O/c18-11-7-9(1-3-12(11)19)23-16(26)15-5-6-22-17(25-15)24-10-2-4-13(20)14(21)8-10/h1-8H,(H,23,26)(H,22,24,25). The second kappa shape index (κ2) is 7.40. The summed E-state index contributed by atoms with van der Waals surface area (Å²) in [6.45, 7) is 0. The number of aromatic nitrogens is 2. The average Bonchev–Trinajstić information content (AvgIpc) is 2.61. The van der Waals surface area contributed by atoms with Crippen LogP contribution in [0.4, 0.5) is 30.5 Å². The van der Waals surface area contributed by atoms with E-state index in [-0.39, 0.29) is 28.0 Å². The quantitative estimate of drug-likeness (QED) is 0.699. The van der Waals surface area contributed by atoms with Crippen LogP contribution in [0.2, 0.25) is 5.02 Å². The van der Waals surface area contributed by atoms with E-state index >= 15 is 0 Å². The molecular formula is C17H10ClF3N4O. The summed E-state index contributed by atoms with van der Waals surface area (Å²) in [5, 5.41) is 5.05. The van der Waals surface area contributed by atoms with Crippen molar-refractivity contribution in [2.75, 3.05) is 10.6 Å². The van der Waals surface area contributed by atoms with Crippen molar-refractivity contribution >= 4 is 34.8 Å². The van der Waals surface area contributed by atoms with Gasteiger partial charge in [-0.2, -0.15) is 0 Å². The van der Waals surface area contributed by atoms with Crippen molar-refractivity contribution in [1.82, 2.24) is 9.97 Å². The fourth-order valence-electron chi connectivity index (χ4n) is 2.02. The number of benzene rings is 2. The number of hydrogen-bond donors (Lipinski definition) is 2. The lowest BCUT2D eigenvalue weighted by atomic mass is 10.3. The Labute approximate surface area is 150 Å². The molecule has 3 aromatic rings. The van der Waals surface area contributed by atoms with Crippen LogP contribution < -0.4 is 10.6 Å². The topological polar surface area (TPSA) is 66.9 Å². The number of halogens is 4. The highest BCUT2D eigenvalue weighted by atomic mass is 35.5. The van der Waals surface area contributed by atoms with Crippen molar-refractivity contribution in [1.29, 1.82) is 0 Å². The highest BCUT2D eigenvalue weighted by Gasteiger charge is 2.11. The van der Waals surface area contributed by atoms with Gasteiger partial charge in [-0.15, -0.1) is 0 Å². The summed E-state index contributed by atoms with van der Waals surface area (Å²) >= 11 is 5.66. The Morgan fingerprint density at radius 3 is 2.38 bits per heavy atom. The normalized spacial score (nSPS) is 10.5. The number of hydrogen-bond acceptors (Lipinski definition) is 4. The average molecular weight is 379 g/mol. The van der Waals surface area contributed by atoms with Crippen molar-refractivity contribution in [3.63, 3.8) is 0 Å². The zero-order chi connectivity index (χ0) is 18.7. The number of carbonyl (C=O) groups excluding carboxylic acids is 1. The van der Waals surface area contributed by atoms with Gasteiger partial charge in [-0.25, -0.2) is 23.1 Å². The molecule has 0 fully saturated rings. The van der Waals surface area contributed by atoms with Crippen molar-refractivity contribution in [3.8, 4) is 0 Å². The van der Waals surface area contributed by atoms with Crippen LogP contribution in [0.1, 0.15) is 10.5 Å². The third-order valence-electron chi connectivity index (χ3n) is 3.24. The first-order chi connectivity index (χ1) is 12.4. The molecule has 2 N–H and O–H groups in total. The van der Waals surface area contributed by atoms with Gasteiger partial charge in [0.05, 0.1) is 5.02 Å². The van der Waals surface area contributed by atoms with Gasteiger partial charge >= 0.3 is 0 Å². The van der Waals surface area contributed by atoms with E-state index in [1.807, 2.05) is 0 Å². The second-order valence-corrected chi connectivity index (χ2v) is 5.51. The number of rotatable bonds is 4. The molecule has 26 heavy (non-hydrogen) atoms. The lowest BCUT2D eigenvalue weighted by molar-refractivity contribution is 0.102. The van der Waals surface area contributed by atoms with Gasteiger partial charge in [0.15, 0.2) is 11.6 Å². The molecule has 5 nitrogen and oxygen atoms in total. The maximum absolute atomic E-state index is 13.2. The molecule has 1 amide bonds. The largest absolute Gasteiger partial charge is 0.324 e. The maximum Gasteiger partial charge on any atom is 0.274 e. The molecule has 0 radical (unpaired) electrons. The minimum absolute atomic E-state index is 0.00512. The van der Waals surface area contributed by atoms with Gasteiger partial charge in [0.2, 0.25) is 5.95 Å². The highest BCUT2D eigenvalue weighted by Crippen LogP contribution is 2.20. The van der Waals surface area contributed by atoms with Crippen molar-refractivity contribution in [2.24, 2.45) is 0 Å². The van der Waals surface area contributed by atoms with E-state index in [4.69, 9.17) is 11.6 Å². The van der Waals surface area contributed by atoms with Crippen LogP contribution in [0.15, 0.2) is 48.7 Å². The fraction of sp³-hybridized carbons (Fsp3) is 0. The van der Waals surface area contributed by atoms with Gasteiger partial charge in [-0.05, 0) is 36.4 Å². The van der Waals surface area contributed by atoms with E-state index in [2.05, 4.69) is 20.6 Å². The van der Waals surface area contributed by atoms with E-state index in [9.17, 15) is 18.0 Å². The van der Waals surface area contributed by atoms with Crippen LogP contribution in [0.3, 0.4) is 0 Å². The second-order valence-electron chi connectivity index (χ2n) is 5.10. The molecule has 9 heteroatoms. The van der Waals surface area contributed by atoms with Crippen molar-refractivity contribution in [3.05, 3.63) is 76.8 Å². The fourth-order valence-corrected chi connectivity index (χ4v) is 2.20. The molecule has 0 aliphatic heterocycles. The number of anilines is 3. The van der Waals surface area contributed by atoms with Gasteiger partial charge < -0.3 is 10.6 Å². The molecule has 0 spiro atoms. The Hall–Kier alpha value is -3.13. The van der Waals surface area contributed by atoms with Crippen LogP contribution >= 0.6 is 11.6 Å². The molecule has 3 rings (SSSR count). The van der Waals surface area contributed by atoms with Gasteiger partial charge in [0, 0.05) is 23.6 Å². The summed E-state index contributed by atoms with van der Waals surface area (Å²) in [6.07, 6.45) is 1.32. The van der Waals surface area contributed by atoms with Crippen LogP contribution in [0, 0.1) is 17.5 Å². The van der Waals surface area contributed by atoms with E-state index in [1.54, 1.807) is 0 Å². The van der Waals surface area contributed by atoms with Crippen molar-refractivity contribution in [2.45, 2.75) is 0 Å². The molecular weight excluding hydrogens is 369 g/mol. The number of nitrogens with one attached hydrogen (secondary N) is 2. The molecule has 1 aromatic heterocycles. The predicted octanol–water partition coefficient (Wildman–Crippen LogP) is 4.54. The number of amides is 1. The maximum atomic E-state index is 13.2.